The Hall–Kier alpha value is -3.49. The Kier molecular flexibility index (Phi) is 6.29. The average Bonchev–Trinajstić information content (AvgIpc) is 3.23. The summed E-state index contributed by atoms with van der Waals surface area (Å²) < 4.78 is 0. The molecule has 4 rings (SSSR count). The summed E-state index contributed by atoms with van der Waals surface area (Å²) in [5, 5.41) is 11.1. The van der Waals surface area contributed by atoms with Crippen molar-refractivity contribution >= 4 is 41.3 Å². The zero-order valence-electron chi connectivity index (χ0n) is 15.8. The molecule has 0 bridgehead atoms. The first-order valence-corrected chi connectivity index (χ1v) is 9.05. The van der Waals surface area contributed by atoms with Crippen molar-refractivity contribution in [1.29, 1.82) is 0 Å². The fourth-order valence-electron chi connectivity index (χ4n) is 2.94. The molecule has 3 N–H and O–H groups in total. The summed E-state index contributed by atoms with van der Waals surface area (Å²) in [5.74, 6) is 0.0447. The van der Waals surface area contributed by atoms with E-state index in [2.05, 4.69) is 25.5 Å². The Morgan fingerprint density at radius 3 is 2.53 bits per heavy atom. The molecule has 0 aliphatic rings. The van der Waals surface area contributed by atoms with Gasteiger partial charge in [0, 0.05) is 29.2 Å². The van der Waals surface area contributed by atoms with Crippen molar-refractivity contribution in [2.75, 3.05) is 11.1 Å². The number of benzene rings is 1. The first-order valence-electron chi connectivity index (χ1n) is 8.67. The van der Waals surface area contributed by atoms with Crippen molar-refractivity contribution in [3.8, 4) is 16.9 Å². The van der Waals surface area contributed by atoms with E-state index in [0.29, 0.717) is 27.8 Å². The van der Waals surface area contributed by atoms with Crippen LogP contribution in [0, 0.1) is 6.92 Å². The first-order chi connectivity index (χ1) is 14.0. The highest BCUT2D eigenvalue weighted by Gasteiger charge is 2.16. The van der Waals surface area contributed by atoms with Crippen LogP contribution in [0.5, 0.6) is 0 Å². The zero-order chi connectivity index (χ0) is 20.4. The van der Waals surface area contributed by atoms with E-state index in [1.807, 2.05) is 31.2 Å². The maximum absolute atomic E-state index is 12.8. The monoisotopic (exact) mass is 441 g/mol. The van der Waals surface area contributed by atoms with Gasteiger partial charge in [-0.05, 0) is 24.6 Å². The smallest absolute Gasteiger partial charge is 0.257 e. The molecule has 0 radical (unpaired) electrons. The minimum atomic E-state index is -0.325. The Balaban J connectivity index is 0.00000256. The second kappa shape index (κ2) is 8.89. The largest absolute Gasteiger partial charge is 0.398 e. The van der Waals surface area contributed by atoms with Crippen LogP contribution in [0.3, 0.4) is 0 Å². The number of carbonyl (C=O) groups is 1. The fourth-order valence-corrected chi connectivity index (χ4v) is 3.18. The molecule has 0 saturated carbocycles. The van der Waals surface area contributed by atoms with Crippen LogP contribution in [0.2, 0.25) is 5.02 Å². The molecule has 10 heteroatoms. The van der Waals surface area contributed by atoms with Gasteiger partial charge in [0.25, 0.3) is 5.91 Å². The second-order valence-electron chi connectivity index (χ2n) is 6.25. The highest BCUT2D eigenvalue weighted by atomic mass is 35.5. The van der Waals surface area contributed by atoms with Crippen LogP contribution in [0.25, 0.3) is 16.9 Å². The van der Waals surface area contributed by atoms with Gasteiger partial charge < -0.3 is 11.1 Å². The van der Waals surface area contributed by atoms with Gasteiger partial charge in [-0.1, -0.05) is 29.8 Å². The molecule has 1 aromatic carbocycles. The van der Waals surface area contributed by atoms with E-state index < -0.39 is 0 Å². The molecule has 1 amide bonds. The van der Waals surface area contributed by atoms with E-state index in [4.69, 9.17) is 17.3 Å². The molecule has 0 fully saturated rings. The molecule has 0 spiro atoms. The van der Waals surface area contributed by atoms with Crippen molar-refractivity contribution in [3.05, 3.63) is 77.5 Å². The lowest BCUT2D eigenvalue weighted by Gasteiger charge is -2.13. The van der Waals surface area contributed by atoms with Crippen molar-refractivity contribution in [2.45, 2.75) is 6.92 Å². The Bertz CT molecular complexity index is 1200. The van der Waals surface area contributed by atoms with Gasteiger partial charge >= 0.3 is 0 Å². The van der Waals surface area contributed by atoms with Crippen molar-refractivity contribution in [3.63, 3.8) is 0 Å². The molecule has 30 heavy (non-hydrogen) atoms. The summed E-state index contributed by atoms with van der Waals surface area (Å²) in [5.41, 5.74) is 9.97. The highest BCUT2D eigenvalue weighted by Crippen LogP contribution is 2.29. The summed E-state index contributed by atoms with van der Waals surface area (Å²) in [6, 6.07) is 9.05. The van der Waals surface area contributed by atoms with E-state index in [1.54, 1.807) is 12.3 Å². The predicted octanol–water partition coefficient (Wildman–Crippen LogP) is 3.94. The molecule has 0 atom stereocenters. The number of rotatable bonds is 4. The molecule has 4 aromatic rings. The minimum absolute atomic E-state index is 0. The Morgan fingerprint density at radius 1 is 1.10 bits per heavy atom. The van der Waals surface area contributed by atoms with Crippen molar-refractivity contribution in [2.24, 2.45) is 0 Å². The maximum Gasteiger partial charge on any atom is 0.257 e. The van der Waals surface area contributed by atoms with Gasteiger partial charge in [0.1, 0.15) is 0 Å². The normalized spacial score (nSPS) is 10.3. The summed E-state index contributed by atoms with van der Waals surface area (Å²) in [6.07, 6.45) is 7.75. The molecule has 3 aromatic heterocycles. The van der Waals surface area contributed by atoms with Gasteiger partial charge in [0.2, 0.25) is 0 Å². The van der Waals surface area contributed by atoms with Gasteiger partial charge in [0.15, 0.2) is 5.82 Å². The van der Waals surface area contributed by atoms with Crippen LogP contribution in [-0.2, 0) is 0 Å². The lowest BCUT2D eigenvalue weighted by Crippen LogP contribution is -2.15. The third-order valence-corrected chi connectivity index (χ3v) is 4.68. The van der Waals surface area contributed by atoms with E-state index in [0.717, 1.165) is 16.7 Å². The van der Waals surface area contributed by atoms with E-state index >= 15 is 0 Å². The zero-order valence-corrected chi connectivity index (χ0v) is 17.4. The molecular formula is C20H17Cl2N7O. The second-order valence-corrected chi connectivity index (χ2v) is 6.66. The number of carbonyl (C=O) groups excluding carboxylic acids is 1. The van der Waals surface area contributed by atoms with Crippen LogP contribution in [0.15, 0.2) is 61.3 Å². The number of amides is 1. The highest BCUT2D eigenvalue weighted by molar-refractivity contribution is 6.32. The quantitative estimate of drug-likeness (QED) is 0.463. The predicted molar refractivity (Wildman–Crippen MR) is 118 cm³/mol. The molecule has 0 aliphatic carbocycles. The molecule has 0 unspecified atom stereocenters. The summed E-state index contributed by atoms with van der Waals surface area (Å²) in [7, 11) is 0. The number of nitrogen functional groups attached to an aromatic ring is 1. The average molecular weight is 442 g/mol. The molecule has 3 heterocycles. The van der Waals surface area contributed by atoms with Crippen LogP contribution < -0.4 is 11.1 Å². The molecule has 0 saturated heterocycles. The Morgan fingerprint density at radius 2 is 1.83 bits per heavy atom. The van der Waals surface area contributed by atoms with Gasteiger partial charge in [-0.3, -0.25) is 9.78 Å². The van der Waals surface area contributed by atoms with Gasteiger partial charge in [-0.15, -0.1) is 17.2 Å². The van der Waals surface area contributed by atoms with Gasteiger partial charge in [0.05, 0.1) is 34.9 Å². The third kappa shape index (κ3) is 4.10. The number of hydrogen-bond acceptors (Lipinski definition) is 6. The first kappa shape index (κ1) is 21.2. The van der Waals surface area contributed by atoms with Crippen LogP contribution in [0.4, 0.5) is 11.4 Å². The van der Waals surface area contributed by atoms with Crippen LogP contribution >= 0.6 is 24.0 Å². The molecule has 0 aliphatic heterocycles. The van der Waals surface area contributed by atoms with Crippen LogP contribution in [-0.4, -0.2) is 30.9 Å². The SMILES string of the molecule is Cc1c(C(=O)Nc2cnc(-n3nccn3)c(Cl)c2)cncc1-c1ccccc1N.Cl. The van der Waals surface area contributed by atoms with Gasteiger partial charge in [-0.25, -0.2) is 4.98 Å². The number of aromatic nitrogens is 5. The maximum atomic E-state index is 12.8. The summed E-state index contributed by atoms with van der Waals surface area (Å²) in [6.45, 7) is 1.86. The van der Waals surface area contributed by atoms with E-state index in [-0.39, 0.29) is 18.3 Å². The molecular weight excluding hydrogens is 425 g/mol. The molecule has 152 valence electrons. The fraction of sp³-hybridized carbons (Fsp3) is 0.0500. The van der Waals surface area contributed by atoms with Crippen molar-refractivity contribution in [1.82, 2.24) is 25.0 Å². The lowest BCUT2D eigenvalue weighted by molar-refractivity contribution is 0.102. The lowest BCUT2D eigenvalue weighted by atomic mass is 9.98. The number of nitrogens with two attached hydrogens (primary N) is 1. The number of hydrogen-bond donors (Lipinski definition) is 2. The minimum Gasteiger partial charge on any atom is -0.398 e. The van der Waals surface area contributed by atoms with Gasteiger partial charge in [-0.2, -0.15) is 10.2 Å². The summed E-state index contributed by atoms with van der Waals surface area (Å²) in [4.78, 5) is 22.6. The number of pyridine rings is 2. The summed E-state index contributed by atoms with van der Waals surface area (Å²) >= 11 is 6.26. The van der Waals surface area contributed by atoms with E-state index in [9.17, 15) is 4.79 Å². The number of nitrogens with one attached hydrogen (secondary N) is 1. The topological polar surface area (TPSA) is 112 Å². The van der Waals surface area contributed by atoms with E-state index in [1.165, 1.54) is 29.6 Å². The number of anilines is 2. The Labute approximate surface area is 183 Å². The van der Waals surface area contributed by atoms with Crippen molar-refractivity contribution < 1.29 is 4.79 Å². The third-order valence-electron chi connectivity index (χ3n) is 4.40. The number of nitrogens with zero attached hydrogens (tertiary/aromatic N) is 5. The van der Waals surface area contributed by atoms with Crippen LogP contribution in [0.1, 0.15) is 15.9 Å². The number of halogens is 2. The number of para-hydroxylation sites is 1. The molecule has 8 nitrogen and oxygen atoms in total. The standard InChI is InChI=1S/C20H16ClN7O.ClH/c1-12-15(14-4-2-3-5-18(14)22)10-23-11-16(12)20(29)27-13-8-17(21)19(24-9-13)28-25-6-7-26-28;/h2-11H,22H2,1H3,(H,27,29);1H.